The zero-order chi connectivity index (χ0) is 80.0. The summed E-state index contributed by atoms with van der Waals surface area (Å²) >= 11 is 1.42. The van der Waals surface area contributed by atoms with Crippen LogP contribution in [0, 0.1) is 31.3 Å². The molecular weight excluding hydrogens is 1550 g/mol. The van der Waals surface area contributed by atoms with Crippen LogP contribution in [-0.2, 0) is 43.2 Å². The average molecular weight is 1620 g/mol. The second-order valence-corrected chi connectivity index (χ2v) is 24.6. The summed E-state index contributed by atoms with van der Waals surface area (Å²) in [6.07, 6.45) is 5.86. The predicted molar refractivity (Wildman–Crippen MR) is 384 cm³/mol. The van der Waals surface area contributed by atoms with Gasteiger partial charge >= 0.3 is 45.8 Å². The van der Waals surface area contributed by atoms with Gasteiger partial charge in [-0.15, -0.1) is 0 Å². The molecule has 7 heterocycles. The molecule has 0 fully saturated rings. The van der Waals surface area contributed by atoms with Crippen molar-refractivity contribution >= 4 is 87.5 Å². The van der Waals surface area contributed by atoms with Crippen molar-refractivity contribution in [2.75, 3.05) is 105 Å². The van der Waals surface area contributed by atoms with Crippen molar-refractivity contribution < 1.29 is 48.3 Å². The molecule has 17 N–H and O–H groups in total. The van der Waals surface area contributed by atoms with Crippen molar-refractivity contribution in [3.05, 3.63) is 206 Å². The normalized spacial score (nSPS) is 11.6. The topological polar surface area (TPSA) is 683 Å². The van der Waals surface area contributed by atoms with Crippen molar-refractivity contribution in [3.8, 4) is 0 Å². The number of anilines is 2. The highest BCUT2D eigenvalue weighted by Gasteiger charge is 2.37. The first-order valence-corrected chi connectivity index (χ1v) is 32.8. The first kappa shape index (κ1) is 81.9. The molecule has 49 nitrogen and oxygen atoms in total. The lowest BCUT2D eigenvalue weighted by atomic mass is 10.1. The first-order chi connectivity index (χ1) is 50.8. The fraction of sp³-hybridized carbons (Fsp3) is 0.362. The van der Waals surface area contributed by atoms with E-state index >= 15 is 24.0 Å². The van der Waals surface area contributed by atoms with Crippen LogP contribution in [-0.4, -0.2) is 197 Å². The van der Waals surface area contributed by atoms with E-state index in [2.05, 4.69) is 15.3 Å². The van der Waals surface area contributed by atoms with Gasteiger partial charge in [0, 0.05) is 59.4 Å². The summed E-state index contributed by atoms with van der Waals surface area (Å²) in [6.45, 7) is -5.97. The molecule has 0 aliphatic carbocycles. The molecule has 0 radical (unpaired) electrons. The van der Waals surface area contributed by atoms with Gasteiger partial charge in [0.05, 0.1) is 15.8 Å². The number of nitrogen functional groups attached to an aromatic ring is 2. The van der Waals surface area contributed by atoms with E-state index in [9.17, 15) is 81.8 Å². The van der Waals surface area contributed by atoms with Crippen LogP contribution in [0.25, 0.3) is 0 Å². The number of nitrogens with one attached hydrogen (secondary N) is 6. The monoisotopic (exact) mass is 1620 g/mol. The quantitative estimate of drug-likeness (QED) is 0.0138. The molecule has 2 atom stereocenters. The third-order valence-corrected chi connectivity index (χ3v) is 16.3. The Morgan fingerprint density at radius 2 is 0.722 bits per heavy atom. The van der Waals surface area contributed by atoms with Gasteiger partial charge in [0.15, 0.2) is 0 Å². The molecule has 0 unspecified atom stereocenters. The van der Waals surface area contributed by atoms with Gasteiger partial charge < -0.3 is 39.1 Å². The second kappa shape index (κ2) is 35.4. The number of unbranched alkanes of at least 4 members (excludes halogenated alkanes) is 2. The van der Waals surface area contributed by atoms with Crippen LogP contribution in [0.15, 0.2) is 113 Å². The van der Waals surface area contributed by atoms with Gasteiger partial charge in [0.25, 0.3) is 69.1 Å². The number of carboxylic acids is 1. The number of halogens is 1. The van der Waals surface area contributed by atoms with Gasteiger partial charge in [-0.05, 0) is 108 Å². The van der Waals surface area contributed by atoms with Crippen molar-refractivity contribution in [2.24, 2.45) is 17.2 Å². The summed E-state index contributed by atoms with van der Waals surface area (Å²) < 4.78 is 1.89. The summed E-state index contributed by atoms with van der Waals surface area (Å²) in [5.74, 6) is -14.9. The lowest BCUT2D eigenvalue weighted by Crippen LogP contribution is -2.64. The van der Waals surface area contributed by atoms with Crippen LogP contribution < -0.4 is 137 Å². The number of nitrogens with two attached hydrogens (primary N) is 5. The summed E-state index contributed by atoms with van der Waals surface area (Å²) in [7, 11) is 0. The zero-order valence-corrected chi connectivity index (χ0v) is 59.6. The Labute approximate surface area is 613 Å². The zero-order valence-electron chi connectivity index (χ0n) is 57.4. The van der Waals surface area contributed by atoms with E-state index in [1.165, 1.54) is 29.5 Å². The van der Waals surface area contributed by atoms with Crippen LogP contribution in [0.4, 0.5) is 11.6 Å². The number of carbonyl (C=O) groups excluding carboxylic acids is 8. The molecule has 0 aliphatic heterocycles. The number of nitrogens with zero attached hydrogens (tertiary/aromatic N) is 16. The molecule has 8 amide bonds. The maximum absolute atomic E-state index is 15.5. The van der Waals surface area contributed by atoms with Crippen molar-refractivity contribution in [3.63, 3.8) is 0 Å². The minimum Gasteiger partial charge on any atom is -0.480 e. The van der Waals surface area contributed by atoms with Crippen molar-refractivity contribution in [2.45, 2.75) is 78.3 Å². The lowest BCUT2D eigenvalue weighted by molar-refractivity contribution is -0.142. The molecule has 0 saturated heterocycles. The summed E-state index contributed by atoms with van der Waals surface area (Å²) in [6, 6.07) is -1.39. The lowest BCUT2D eigenvalue weighted by Gasteiger charge is -2.33. The van der Waals surface area contributed by atoms with E-state index in [-0.39, 0.29) is 108 Å². The Bertz CT molecular complexity index is 5490. The van der Waals surface area contributed by atoms with E-state index in [1.54, 1.807) is 0 Å². The Balaban J connectivity index is 1.36. The number of carboxylic acid groups (broad SMARTS) is 1. The summed E-state index contributed by atoms with van der Waals surface area (Å²) in [5, 5.41) is 13.8. The number of aryl methyl sites for hydroxylation is 4. The first-order valence-electron chi connectivity index (χ1n) is 31.7. The molecule has 0 aromatic carbocycles. The molecule has 0 spiro atoms. The number of aromatic amines is 5. The Morgan fingerprint density at radius 3 is 1.05 bits per heavy atom. The SMILES string of the molecule is Cc1cn(N(CC(=O)N[C@@H](CCCCN)C(=O)O)C(=O)CN(C(=O)CN(C(=O)CN(C(=O)CN(C(=O)CN(C(=O)CN(C(=O)[C@@H](N)CCCCN)n2cc(C)c(=O)[nH]c2=O)n2cc(I)c(=O)[nH]c2=O)n2cc(C)c(=O)[nH]c2=O)n2ccc(N)nc2=O)n2ccc(N)nc2=O)n2cc(C)c(=O)[nH]c2=O)c(=O)[nH]c1=O. The second-order valence-electron chi connectivity index (χ2n) is 23.4. The molecule has 50 heteroatoms. The Hall–Kier alpha value is -13.4. The minimum atomic E-state index is -1.71. The smallest absolute Gasteiger partial charge is 0.368 e. The van der Waals surface area contributed by atoms with E-state index in [0.29, 0.717) is 61.7 Å². The summed E-state index contributed by atoms with van der Waals surface area (Å²) in [5.41, 5.74) is 12.4. The number of amides is 8. The van der Waals surface area contributed by atoms with E-state index in [4.69, 9.17) is 28.7 Å². The largest absolute Gasteiger partial charge is 0.480 e. The van der Waals surface area contributed by atoms with Gasteiger partial charge in [-0.1, -0.05) is 6.42 Å². The van der Waals surface area contributed by atoms with E-state index in [0.717, 1.165) is 51.5 Å². The number of aromatic nitrogens is 14. The standard InChI is InChI=1S/C58H70IN27O22/c1-29-17-82(54(104)68-45(29)94)75(22-38(87)65-35(51(100)101)10-6-8-14-61)39(88)25-78(83-18-30(2)46(95)69-55(83)105)42(91)24-77(74-16-12-37(64)67-53(74)103)40(89)23-76(73-15-11-36(63)66-52(73)102)41(90)26-79(84-19-31(3)47(96)70-56(84)106)43(92)27-80(86-21-33(59)49(98)72-58(86)108)44(93)28-81(50(99)34(62)9-5-7-13-60)85-20-32(4)48(97)71-57(85)107/h11-12,15-21,34-35H,5-10,13-14,22-28,60-62H2,1-4H3,(H,65,87)(H,100,101)(H2,63,66,102)(H2,64,67,103)(H,68,94,104)(H,69,95,105)(H,70,96,106)(H,71,97,107)(H,72,98,108)/t34-,35-/m0/s1. The summed E-state index contributed by atoms with van der Waals surface area (Å²) in [4.78, 5) is 309. The van der Waals surface area contributed by atoms with Crippen LogP contribution >= 0.6 is 22.6 Å². The van der Waals surface area contributed by atoms with Gasteiger partial charge in [0.2, 0.25) is 5.91 Å². The number of hydrogen-bond donors (Lipinski definition) is 12. The molecule has 7 aromatic heterocycles. The molecule has 7 rings (SSSR count). The van der Waals surface area contributed by atoms with Crippen molar-refractivity contribution in [1.29, 1.82) is 0 Å². The molecule has 0 aliphatic rings. The van der Waals surface area contributed by atoms with Crippen LogP contribution in [0.2, 0.25) is 0 Å². The van der Waals surface area contributed by atoms with Crippen molar-refractivity contribution in [1.82, 2.24) is 72.9 Å². The van der Waals surface area contributed by atoms with Gasteiger partial charge in [-0.2, -0.15) is 9.97 Å². The third-order valence-electron chi connectivity index (χ3n) is 15.6. The van der Waals surface area contributed by atoms with E-state index in [1.807, 2.05) is 24.9 Å². The van der Waals surface area contributed by atoms with Gasteiger partial charge in [-0.25, -0.2) is 106 Å². The highest BCUT2D eigenvalue weighted by molar-refractivity contribution is 14.1. The average Bonchev–Trinajstić information content (AvgIpc) is 0.796. The number of carbonyl (C=O) groups is 9. The fourth-order valence-corrected chi connectivity index (χ4v) is 10.3. The van der Waals surface area contributed by atoms with Crippen LogP contribution in [0.1, 0.15) is 60.8 Å². The van der Waals surface area contributed by atoms with Crippen LogP contribution in [0.5, 0.6) is 0 Å². The molecule has 108 heavy (non-hydrogen) atoms. The number of H-pyrrole nitrogens is 5. The number of aliphatic carboxylic acids is 1. The third kappa shape index (κ3) is 19.7. The van der Waals surface area contributed by atoms with Crippen LogP contribution in [0.3, 0.4) is 0 Å². The minimum absolute atomic E-state index is 0.114. The highest BCUT2D eigenvalue weighted by Crippen LogP contribution is 2.09. The molecule has 576 valence electrons. The maximum Gasteiger partial charge on any atom is 0.368 e. The molecule has 0 saturated carbocycles. The van der Waals surface area contributed by atoms with Gasteiger partial charge in [0.1, 0.15) is 63.5 Å². The number of hydrogen-bond acceptors (Lipinski definition) is 28. The van der Waals surface area contributed by atoms with E-state index < -0.39 is 190 Å². The fourth-order valence-electron chi connectivity index (χ4n) is 9.91. The molecule has 7 aromatic rings. The van der Waals surface area contributed by atoms with Gasteiger partial charge in [-0.3, -0.25) is 87.2 Å². The predicted octanol–water partition coefficient (Wildman–Crippen LogP) is -12.3. The maximum atomic E-state index is 15.5. The molecule has 0 bridgehead atoms. The Morgan fingerprint density at radius 1 is 0.435 bits per heavy atom. The molecular formula is C58H70IN27O22. The number of rotatable bonds is 32. The Kier molecular flexibility index (Phi) is 26.8. The highest BCUT2D eigenvalue weighted by atomic mass is 127.